The number of rotatable bonds is 6. The smallest absolute Gasteiger partial charge is 0.270 e. The van der Waals surface area contributed by atoms with E-state index >= 15 is 0 Å². The van der Waals surface area contributed by atoms with E-state index in [1.54, 1.807) is 0 Å². The van der Waals surface area contributed by atoms with E-state index in [0.717, 1.165) is 12.1 Å². The lowest BCUT2D eigenvalue weighted by Crippen LogP contribution is -2.26. The second kappa shape index (κ2) is 6.60. The maximum absolute atomic E-state index is 13.8. The van der Waals surface area contributed by atoms with Crippen LogP contribution >= 0.6 is 0 Å². The molecule has 0 radical (unpaired) electrons. The van der Waals surface area contributed by atoms with Crippen molar-refractivity contribution < 1.29 is 18.9 Å². The van der Waals surface area contributed by atoms with E-state index in [0.29, 0.717) is 6.42 Å². The molecular formula is C12H14FN3O4. The van der Waals surface area contributed by atoms with Gasteiger partial charge in [0.25, 0.3) is 11.6 Å². The van der Waals surface area contributed by atoms with Gasteiger partial charge in [-0.05, 0) is 18.9 Å². The van der Waals surface area contributed by atoms with Crippen molar-refractivity contribution in [2.24, 2.45) is 5.73 Å². The van der Waals surface area contributed by atoms with Crippen molar-refractivity contribution in [2.45, 2.75) is 19.8 Å². The standard InChI is InChI=1S/C12H14FN3O4/c1-7-5-8(16(19)20)6-9(11(7)13)12(18)15-4-2-3-10(14)17/h5-6H,2-4H2,1H3,(H2,14,17)(H,15,18). The highest BCUT2D eigenvalue weighted by molar-refractivity contribution is 5.95. The van der Waals surface area contributed by atoms with Gasteiger partial charge in [0.2, 0.25) is 5.91 Å². The van der Waals surface area contributed by atoms with Gasteiger partial charge in [0, 0.05) is 25.1 Å². The first kappa shape index (κ1) is 15.5. The Morgan fingerprint density at radius 3 is 2.65 bits per heavy atom. The Labute approximate surface area is 114 Å². The van der Waals surface area contributed by atoms with Crippen molar-refractivity contribution in [2.75, 3.05) is 6.54 Å². The number of carbonyl (C=O) groups is 2. The molecule has 0 aliphatic carbocycles. The van der Waals surface area contributed by atoms with Crippen LogP contribution in [-0.4, -0.2) is 23.3 Å². The number of non-ortho nitro benzene ring substituents is 1. The fraction of sp³-hybridized carbons (Fsp3) is 0.333. The van der Waals surface area contributed by atoms with Crippen LogP contribution in [0.25, 0.3) is 0 Å². The molecule has 0 spiro atoms. The molecule has 0 atom stereocenters. The Morgan fingerprint density at radius 2 is 2.10 bits per heavy atom. The lowest BCUT2D eigenvalue weighted by molar-refractivity contribution is -0.385. The number of nitro groups is 1. The van der Waals surface area contributed by atoms with E-state index in [4.69, 9.17) is 5.73 Å². The van der Waals surface area contributed by atoms with Crippen LogP contribution in [0.15, 0.2) is 12.1 Å². The number of hydrogen-bond donors (Lipinski definition) is 2. The Bertz CT molecular complexity index is 560. The molecule has 0 unspecified atom stereocenters. The maximum atomic E-state index is 13.8. The highest BCUT2D eigenvalue weighted by atomic mass is 19.1. The molecule has 2 amide bonds. The van der Waals surface area contributed by atoms with Crippen LogP contribution in [0.3, 0.4) is 0 Å². The first-order chi connectivity index (χ1) is 9.32. The zero-order valence-corrected chi connectivity index (χ0v) is 10.8. The number of halogens is 1. The Kier molecular flexibility index (Phi) is 5.13. The van der Waals surface area contributed by atoms with Gasteiger partial charge in [-0.15, -0.1) is 0 Å². The highest BCUT2D eigenvalue weighted by Crippen LogP contribution is 2.20. The number of amides is 2. The van der Waals surface area contributed by atoms with Crippen LogP contribution < -0.4 is 11.1 Å². The van der Waals surface area contributed by atoms with E-state index in [9.17, 15) is 24.1 Å². The van der Waals surface area contributed by atoms with Crippen LogP contribution in [0.5, 0.6) is 0 Å². The molecule has 20 heavy (non-hydrogen) atoms. The molecule has 1 aromatic rings. The van der Waals surface area contributed by atoms with Gasteiger partial charge in [-0.2, -0.15) is 0 Å². The summed E-state index contributed by atoms with van der Waals surface area (Å²) in [5.41, 5.74) is 4.20. The molecule has 0 fully saturated rings. The first-order valence-corrected chi connectivity index (χ1v) is 5.84. The lowest BCUT2D eigenvalue weighted by atomic mass is 10.1. The highest BCUT2D eigenvalue weighted by Gasteiger charge is 2.19. The van der Waals surface area contributed by atoms with Crippen LogP contribution in [0, 0.1) is 22.9 Å². The molecule has 0 aromatic heterocycles. The van der Waals surface area contributed by atoms with Crippen molar-refractivity contribution in [1.29, 1.82) is 0 Å². The van der Waals surface area contributed by atoms with Gasteiger partial charge >= 0.3 is 0 Å². The van der Waals surface area contributed by atoms with Crippen LogP contribution in [-0.2, 0) is 4.79 Å². The summed E-state index contributed by atoms with van der Waals surface area (Å²) in [6, 6.07) is 1.94. The number of benzene rings is 1. The SMILES string of the molecule is Cc1cc([N+](=O)[O-])cc(C(=O)NCCCC(N)=O)c1F. The van der Waals surface area contributed by atoms with Gasteiger partial charge in [0.1, 0.15) is 5.82 Å². The van der Waals surface area contributed by atoms with Crippen LogP contribution in [0.2, 0.25) is 0 Å². The number of nitro benzene ring substituents is 1. The number of primary amides is 1. The van der Waals surface area contributed by atoms with Crippen molar-refractivity contribution in [3.8, 4) is 0 Å². The van der Waals surface area contributed by atoms with Crippen molar-refractivity contribution in [3.63, 3.8) is 0 Å². The molecule has 0 heterocycles. The molecule has 0 aliphatic heterocycles. The molecule has 0 saturated carbocycles. The summed E-state index contributed by atoms with van der Waals surface area (Å²) in [7, 11) is 0. The van der Waals surface area contributed by atoms with E-state index < -0.39 is 28.1 Å². The van der Waals surface area contributed by atoms with Crippen LogP contribution in [0.4, 0.5) is 10.1 Å². The quantitative estimate of drug-likeness (QED) is 0.461. The summed E-state index contributed by atoms with van der Waals surface area (Å²) in [5, 5.41) is 13.1. The van der Waals surface area contributed by atoms with Crippen molar-refractivity contribution >= 4 is 17.5 Å². The molecule has 0 bridgehead atoms. The van der Waals surface area contributed by atoms with E-state index in [1.165, 1.54) is 6.92 Å². The number of hydrogen-bond acceptors (Lipinski definition) is 4. The molecule has 0 saturated heterocycles. The molecule has 1 aromatic carbocycles. The zero-order valence-electron chi connectivity index (χ0n) is 10.8. The number of nitrogens with one attached hydrogen (secondary N) is 1. The predicted octanol–water partition coefficient (Wildman–Crippen LogP) is 1.04. The van der Waals surface area contributed by atoms with E-state index in [-0.39, 0.29) is 24.2 Å². The Morgan fingerprint density at radius 1 is 1.45 bits per heavy atom. The fourth-order valence-electron chi connectivity index (χ4n) is 1.58. The summed E-state index contributed by atoms with van der Waals surface area (Å²) >= 11 is 0. The second-order valence-electron chi connectivity index (χ2n) is 4.21. The third kappa shape index (κ3) is 4.01. The summed E-state index contributed by atoms with van der Waals surface area (Å²) in [6.45, 7) is 1.47. The minimum absolute atomic E-state index is 0.0153. The number of nitrogens with two attached hydrogens (primary N) is 1. The molecule has 108 valence electrons. The van der Waals surface area contributed by atoms with Crippen LogP contribution in [0.1, 0.15) is 28.8 Å². The Hall–Kier alpha value is -2.51. The zero-order chi connectivity index (χ0) is 15.3. The van der Waals surface area contributed by atoms with Crippen molar-refractivity contribution in [1.82, 2.24) is 5.32 Å². The third-order valence-corrected chi connectivity index (χ3v) is 2.58. The van der Waals surface area contributed by atoms with E-state index in [2.05, 4.69) is 5.32 Å². The summed E-state index contributed by atoms with van der Waals surface area (Å²) in [6.07, 6.45) is 0.410. The van der Waals surface area contributed by atoms with Gasteiger partial charge in [-0.1, -0.05) is 0 Å². The normalized spacial score (nSPS) is 10.1. The lowest BCUT2D eigenvalue weighted by Gasteiger charge is -2.07. The minimum Gasteiger partial charge on any atom is -0.370 e. The minimum atomic E-state index is -0.803. The number of nitrogens with zero attached hydrogens (tertiary/aromatic N) is 1. The summed E-state index contributed by atoms with van der Waals surface area (Å²) in [4.78, 5) is 32.2. The molecule has 7 nitrogen and oxygen atoms in total. The molecule has 3 N–H and O–H groups in total. The third-order valence-electron chi connectivity index (χ3n) is 2.58. The largest absolute Gasteiger partial charge is 0.370 e. The van der Waals surface area contributed by atoms with Crippen molar-refractivity contribution in [3.05, 3.63) is 39.2 Å². The number of carbonyl (C=O) groups excluding carboxylic acids is 2. The maximum Gasteiger partial charge on any atom is 0.270 e. The Balaban J connectivity index is 2.81. The van der Waals surface area contributed by atoms with E-state index in [1.807, 2.05) is 0 Å². The molecule has 0 aliphatic rings. The topological polar surface area (TPSA) is 115 Å². The monoisotopic (exact) mass is 283 g/mol. The fourth-order valence-corrected chi connectivity index (χ4v) is 1.58. The van der Waals surface area contributed by atoms with Gasteiger partial charge < -0.3 is 11.1 Å². The van der Waals surface area contributed by atoms with Gasteiger partial charge in [-0.25, -0.2) is 4.39 Å². The predicted molar refractivity (Wildman–Crippen MR) is 68.6 cm³/mol. The average molecular weight is 283 g/mol. The second-order valence-corrected chi connectivity index (χ2v) is 4.21. The average Bonchev–Trinajstić information content (AvgIpc) is 2.36. The molecule has 1 rings (SSSR count). The molecule has 8 heteroatoms. The number of aryl methyl sites for hydroxylation is 1. The van der Waals surface area contributed by atoms with Gasteiger partial charge in [0.15, 0.2) is 0 Å². The molecular weight excluding hydrogens is 269 g/mol. The summed E-state index contributed by atoms with van der Waals surface area (Å²) < 4.78 is 13.8. The first-order valence-electron chi connectivity index (χ1n) is 5.84. The van der Waals surface area contributed by atoms with Gasteiger partial charge in [-0.3, -0.25) is 19.7 Å². The summed E-state index contributed by atoms with van der Waals surface area (Å²) in [5.74, 6) is -2.07. The van der Waals surface area contributed by atoms with Gasteiger partial charge in [0.05, 0.1) is 10.5 Å².